The van der Waals surface area contributed by atoms with E-state index in [2.05, 4.69) is 10.00 Å². The van der Waals surface area contributed by atoms with E-state index >= 15 is 0 Å². The molecule has 4 heterocycles. The third-order valence-electron chi connectivity index (χ3n) is 6.41. The Labute approximate surface area is 193 Å². The van der Waals surface area contributed by atoms with Crippen LogP contribution in [0.4, 0.5) is 13.2 Å². The monoisotopic (exact) mass is 481 g/mol. The molecule has 0 atom stereocenters. The molecule has 2 aliphatic rings. The van der Waals surface area contributed by atoms with Crippen molar-refractivity contribution in [2.45, 2.75) is 44.3 Å². The molecular weight excluding hydrogens is 459 g/mol. The van der Waals surface area contributed by atoms with Gasteiger partial charge in [0.1, 0.15) is 23.7 Å². The van der Waals surface area contributed by atoms with Gasteiger partial charge in [0.2, 0.25) is 0 Å². The van der Waals surface area contributed by atoms with Crippen molar-refractivity contribution >= 4 is 22.9 Å². The first-order chi connectivity index (χ1) is 15.3. The molecule has 1 spiro atoms. The van der Waals surface area contributed by atoms with Crippen molar-refractivity contribution in [1.29, 1.82) is 0 Å². The smallest absolute Gasteiger partial charge is 0.297 e. The highest BCUT2D eigenvalue weighted by Gasteiger charge is 2.51. The van der Waals surface area contributed by atoms with Crippen LogP contribution in [0.3, 0.4) is 0 Å². The maximum absolute atomic E-state index is 14.3. The number of piperidine rings is 1. The Bertz CT molecular complexity index is 1140. The summed E-state index contributed by atoms with van der Waals surface area (Å²) in [6, 6.07) is 7.96. The number of hydrogen-bond donors (Lipinski definition) is 0. The highest BCUT2D eigenvalue weighted by Crippen LogP contribution is 2.52. The van der Waals surface area contributed by atoms with Crippen LogP contribution in [0.2, 0.25) is 4.34 Å². The van der Waals surface area contributed by atoms with Gasteiger partial charge in [0, 0.05) is 41.8 Å². The Morgan fingerprint density at radius 1 is 1.22 bits per heavy atom. The molecule has 2 aromatic heterocycles. The molecule has 0 aliphatic carbocycles. The molecule has 0 saturated carbocycles. The zero-order chi connectivity index (χ0) is 22.5. The van der Waals surface area contributed by atoms with Crippen molar-refractivity contribution in [3.8, 4) is 5.69 Å². The number of aromatic nitrogens is 2. The van der Waals surface area contributed by atoms with E-state index in [1.807, 2.05) is 13.1 Å². The first kappa shape index (κ1) is 21.9. The number of ether oxygens (including phenoxy) is 1. The van der Waals surface area contributed by atoms with E-state index in [0.717, 1.165) is 17.7 Å². The fraction of sp³-hybridized carbons (Fsp3) is 0.435. The number of alkyl halides is 2. The van der Waals surface area contributed by atoms with Crippen molar-refractivity contribution < 1.29 is 17.9 Å². The molecule has 1 aromatic carbocycles. The molecule has 0 unspecified atom stereocenters. The number of thiophene rings is 1. The van der Waals surface area contributed by atoms with Crippen LogP contribution in [-0.4, -0.2) is 34.4 Å². The van der Waals surface area contributed by atoms with Gasteiger partial charge in [0.15, 0.2) is 0 Å². The third-order valence-corrected chi connectivity index (χ3v) is 7.86. The first-order valence-electron chi connectivity index (χ1n) is 10.7. The van der Waals surface area contributed by atoms with Crippen molar-refractivity contribution in [1.82, 2.24) is 14.7 Å². The summed E-state index contributed by atoms with van der Waals surface area (Å²) in [7, 11) is 0. The van der Waals surface area contributed by atoms with Crippen LogP contribution in [0.25, 0.3) is 5.69 Å². The lowest BCUT2D eigenvalue weighted by atomic mass is 9.84. The Morgan fingerprint density at radius 2 is 1.97 bits per heavy atom. The number of para-hydroxylation sites is 1. The van der Waals surface area contributed by atoms with Gasteiger partial charge in [0.05, 0.1) is 10.0 Å². The zero-order valence-electron chi connectivity index (χ0n) is 17.6. The van der Waals surface area contributed by atoms with Gasteiger partial charge in [-0.3, -0.25) is 4.90 Å². The Kier molecular flexibility index (Phi) is 5.60. The molecule has 170 valence electrons. The minimum Gasteiger partial charge on any atom is -0.363 e. The SMILES string of the molecule is CCc1nn(-c2ccccc2F)cc1CN1CCC2(CC1)OCC(F)(F)c1cc(Cl)sc12. The summed E-state index contributed by atoms with van der Waals surface area (Å²) < 4.78 is 50.7. The van der Waals surface area contributed by atoms with Crippen LogP contribution in [0.15, 0.2) is 36.5 Å². The van der Waals surface area contributed by atoms with Crippen LogP contribution < -0.4 is 0 Å². The van der Waals surface area contributed by atoms with E-state index in [0.29, 0.717) is 47.4 Å². The molecule has 5 rings (SSSR count). The van der Waals surface area contributed by atoms with E-state index in [4.69, 9.17) is 16.3 Å². The fourth-order valence-electron chi connectivity index (χ4n) is 4.66. The lowest BCUT2D eigenvalue weighted by Crippen LogP contribution is -2.48. The van der Waals surface area contributed by atoms with E-state index in [1.54, 1.807) is 22.9 Å². The average Bonchev–Trinajstić information content (AvgIpc) is 3.37. The molecule has 0 radical (unpaired) electrons. The predicted octanol–water partition coefficient (Wildman–Crippen LogP) is 5.90. The number of fused-ring (bicyclic) bond motifs is 2. The minimum absolute atomic E-state index is 0.0200. The summed E-state index contributed by atoms with van der Waals surface area (Å²) in [6.07, 6.45) is 3.87. The summed E-state index contributed by atoms with van der Waals surface area (Å²) in [5.41, 5.74) is 1.71. The molecule has 9 heteroatoms. The van der Waals surface area contributed by atoms with Crippen molar-refractivity contribution in [2.24, 2.45) is 0 Å². The Hall–Kier alpha value is -1.87. The number of likely N-dealkylation sites (tertiary alicyclic amines) is 1. The average molecular weight is 482 g/mol. The van der Waals surface area contributed by atoms with Crippen LogP contribution in [0.1, 0.15) is 41.5 Å². The molecule has 3 aromatic rings. The summed E-state index contributed by atoms with van der Waals surface area (Å²) in [4.78, 5) is 2.85. The fourth-order valence-corrected chi connectivity index (χ4v) is 6.14. The van der Waals surface area contributed by atoms with Crippen molar-refractivity contribution in [2.75, 3.05) is 19.7 Å². The summed E-state index contributed by atoms with van der Waals surface area (Å²) in [5.74, 6) is -3.32. The number of aryl methyl sites for hydroxylation is 1. The van der Waals surface area contributed by atoms with Gasteiger partial charge >= 0.3 is 0 Å². The maximum Gasteiger partial charge on any atom is 0.297 e. The summed E-state index contributed by atoms with van der Waals surface area (Å²) >= 11 is 7.30. The minimum atomic E-state index is -3.00. The Morgan fingerprint density at radius 3 is 2.69 bits per heavy atom. The van der Waals surface area contributed by atoms with Gasteiger partial charge in [-0.05, 0) is 37.5 Å². The van der Waals surface area contributed by atoms with E-state index in [1.165, 1.54) is 23.5 Å². The van der Waals surface area contributed by atoms with Gasteiger partial charge in [0.25, 0.3) is 5.92 Å². The highest BCUT2D eigenvalue weighted by molar-refractivity contribution is 7.16. The van der Waals surface area contributed by atoms with Crippen molar-refractivity contribution in [3.05, 3.63) is 68.4 Å². The topological polar surface area (TPSA) is 30.3 Å². The maximum atomic E-state index is 14.3. The number of halogens is 4. The molecule has 2 aliphatic heterocycles. The summed E-state index contributed by atoms with van der Waals surface area (Å²) in [6.45, 7) is 3.49. The molecule has 4 nitrogen and oxygen atoms in total. The number of nitrogens with zero attached hydrogens (tertiary/aromatic N) is 3. The van der Waals surface area contributed by atoms with Gasteiger partial charge in [-0.1, -0.05) is 30.7 Å². The summed E-state index contributed by atoms with van der Waals surface area (Å²) in [5, 5.41) is 4.59. The molecule has 1 fully saturated rings. The van der Waals surface area contributed by atoms with Crippen molar-refractivity contribution in [3.63, 3.8) is 0 Å². The second kappa shape index (κ2) is 8.17. The standard InChI is InChI=1S/C23H23ClF3N3OS/c1-2-18-15(13-30(28-18)19-6-4-3-5-17(19)25)12-29-9-7-22(8-10-29)21-16(11-20(24)32-21)23(26,27)14-31-22/h3-6,11,13H,2,7-10,12,14H2,1H3. The van der Waals surface area contributed by atoms with Gasteiger partial charge in [-0.2, -0.15) is 13.9 Å². The normalized spacial score (nSPS) is 19.9. The molecule has 0 N–H and O–H groups in total. The predicted molar refractivity (Wildman–Crippen MR) is 118 cm³/mol. The van der Waals surface area contributed by atoms with Gasteiger partial charge in [-0.15, -0.1) is 11.3 Å². The molecule has 0 bridgehead atoms. The molecule has 0 amide bonds. The first-order valence-corrected chi connectivity index (χ1v) is 11.9. The lowest BCUT2D eigenvalue weighted by molar-refractivity contribution is -0.182. The van der Waals surface area contributed by atoms with Crippen LogP contribution in [0, 0.1) is 5.82 Å². The highest BCUT2D eigenvalue weighted by atomic mass is 35.5. The number of rotatable bonds is 4. The molecule has 1 saturated heterocycles. The quantitative estimate of drug-likeness (QED) is 0.464. The second-order valence-corrected chi connectivity index (χ2v) is 10.1. The number of hydrogen-bond acceptors (Lipinski definition) is 4. The van der Waals surface area contributed by atoms with Gasteiger partial charge < -0.3 is 4.74 Å². The second-order valence-electron chi connectivity index (χ2n) is 8.41. The van der Waals surface area contributed by atoms with Crippen LogP contribution in [-0.2, 0) is 29.2 Å². The van der Waals surface area contributed by atoms with Crippen LogP contribution >= 0.6 is 22.9 Å². The molecular formula is C23H23ClF3N3OS. The van der Waals surface area contributed by atoms with E-state index in [-0.39, 0.29) is 11.4 Å². The largest absolute Gasteiger partial charge is 0.363 e. The van der Waals surface area contributed by atoms with E-state index < -0.39 is 18.1 Å². The van der Waals surface area contributed by atoms with Gasteiger partial charge in [-0.25, -0.2) is 9.07 Å². The zero-order valence-corrected chi connectivity index (χ0v) is 19.2. The van der Waals surface area contributed by atoms with Crippen LogP contribution in [0.5, 0.6) is 0 Å². The lowest BCUT2D eigenvalue weighted by Gasteiger charge is -2.45. The van der Waals surface area contributed by atoms with E-state index in [9.17, 15) is 13.2 Å². The Balaban J connectivity index is 1.34. The molecule has 32 heavy (non-hydrogen) atoms. The number of benzene rings is 1. The third kappa shape index (κ3) is 3.77.